The standard InChI is InChI=1S/C6H10N6/c7-11-9-3-1-2-4-12-6-8-5-10-12/h5-6H,1-4H2. The maximum Gasteiger partial charge on any atom is 0.137 e. The monoisotopic (exact) mass is 166 g/mol. The molecule has 0 saturated carbocycles. The lowest BCUT2D eigenvalue weighted by Gasteiger charge is -1.96. The van der Waals surface area contributed by atoms with Crippen LogP contribution in [0, 0.1) is 0 Å². The molecular formula is C6H10N6. The minimum atomic E-state index is 0.561. The van der Waals surface area contributed by atoms with Crippen molar-refractivity contribution < 1.29 is 0 Å². The maximum atomic E-state index is 7.98. The summed E-state index contributed by atoms with van der Waals surface area (Å²) in [5.41, 5.74) is 7.98. The molecule has 64 valence electrons. The summed E-state index contributed by atoms with van der Waals surface area (Å²) in [4.78, 5) is 6.47. The van der Waals surface area contributed by atoms with Crippen LogP contribution in [0.2, 0.25) is 0 Å². The van der Waals surface area contributed by atoms with Crippen molar-refractivity contribution in [3.8, 4) is 0 Å². The van der Waals surface area contributed by atoms with Gasteiger partial charge in [0.25, 0.3) is 0 Å². The van der Waals surface area contributed by atoms with Crippen molar-refractivity contribution in [3.63, 3.8) is 0 Å². The predicted molar refractivity (Wildman–Crippen MR) is 43.3 cm³/mol. The van der Waals surface area contributed by atoms with Crippen LogP contribution >= 0.6 is 0 Å². The van der Waals surface area contributed by atoms with Gasteiger partial charge in [-0.2, -0.15) is 5.10 Å². The largest absolute Gasteiger partial charge is 0.253 e. The SMILES string of the molecule is [N-]=[N+]=NCCCCn1cncn1. The van der Waals surface area contributed by atoms with Gasteiger partial charge in [0.15, 0.2) is 0 Å². The molecular weight excluding hydrogens is 156 g/mol. The molecule has 0 atom stereocenters. The zero-order valence-electron chi connectivity index (χ0n) is 6.67. The first-order chi connectivity index (χ1) is 5.93. The summed E-state index contributed by atoms with van der Waals surface area (Å²) in [6.45, 7) is 1.39. The van der Waals surface area contributed by atoms with Crippen LogP contribution in [0.3, 0.4) is 0 Å². The first-order valence-electron chi connectivity index (χ1n) is 3.77. The van der Waals surface area contributed by atoms with Gasteiger partial charge in [0.05, 0.1) is 0 Å². The molecule has 0 aliphatic carbocycles. The lowest BCUT2D eigenvalue weighted by atomic mass is 10.3. The lowest BCUT2D eigenvalue weighted by molar-refractivity contribution is 0.560. The summed E-state index contributed by atoms with van der Waals surface area (Å²) in [6, 6.07) is 0. The molecule has 0 aliphatic heterocycles. The second kappa shape index (κ2) is 5.15. The summed E-state index contributed by atoms with van der Waals surface area (Å²) in [5.74, 6) is 0. The van der Waals surface area contributed by atoms with Crippen molar-refractivity contribution in [2.75, 3.05) is 6.54 Å². The van der Waals surface area contributed by atoms with E-state index >= 15 is 0 Å². The second-order valence-corrected chi connectivity index (χ2v) is 2.32. The van der Waals surface area contributed by atoms with Crippen molar-refractivity contribution in [1.29, 1.82) is 0 Å². The third-order valence-electron chi connectivity index (χ3n) is 1.43. The van der Waals surface area contributed by atoms with Crippen molar-refractivity contribution in [1.82, 2.24) is 14.8 Å². The molecule has 0 bridgehead atoms. The van der Waals surface area contributed by atoms with Gasteiger partial charge in [-0.15, -0.1) is 0 Å². The van der Waals surface area contributed by atoms with E-state index in [2.05, 4.69) is 20.1 Å². The summed E-state index contributed by atoms with van der Waals surface area (Å²) in [7, 11) is 0. The van der Waals surface area contributed by atoms with E-state index < -0.39 is 0 Å². The van der Waals surface area contributed by atoms with E-state index in [0.29, 0.717) is 6.54 Å². The van der Waals surface area contributed by atoms with Crippen LogP contribution in [0.5, 0.6) is 0 Å². The average molecular weight is 166 g/mol. The van der Waals surface area contributed by atoms with Gasteiger partial charge in [-0.05, 0) is 18.4 Å². The molecule has 1 aromatic rings. The van der Waals surface area contributed by atoms with Crippen LogP contribution in [0.1, 0.15) is 12.8 Å². The van der Waals surface area contributed by atoms with E-state index in [1.807, 2.05) is 0 Å². The van der Waals surface area contributed by atoms with E-state index in [-0.39, 0.29) is 0 Å². The molecule has 6 heteroatoms. The van der Waals surface area contributed by atoms with Crippen molar-refractivity contribution in [2.45, 2.75) is 19.4 Å². The van der Waals surface area contributed by atoms with Crippen molar-refractivity contribution in [2.24, 2.45) is 5.11 Å². The molecule has 0 unspecified atom stereocenters. The van der Waals surface area contributed by atoms with Crippen LogP contribution in [0.15, 0.2) is 17.8 Å². The minimum absolute atomic E-state index is 0.561. The Bertz CT molecular complexity index is 247. The molecule has 0 aromatic carbocycles. The fraction of sp³-hybridized carbons (Fsp3) is 0.667. The van der Waals surface area contributed by atoms with Crippen LogP contribution < -0.4 is 0 Å². The highest BCUT2D eigenvalue weighted by Gasteiger charge is 1.90. The summed E-state index contributed by atoms with van der Waals surface area (Å²) in [5, 5.41) is 7.36. The van der Waals surface area contributed by atoms with Gasteiger partial charge in [0.2, 0.25) is 0 Å². The number of unbranched alkanes of at least 4 members (excludes halogenated alkanes) is 1. The highest BCUT2D eigenvalue weighted by molar-refractivity contribution is 4.56. The van der Waals surface area contributed by atoms with Gasteiger partial charge in [-0.25, -0.2) is 4.98 Å². The van der Waals surface area contributed by atoms with E-state index in [4.69, 9.17) is 5.53 Å². The fourth-order valence-electron chi connectivity index (χ4n) is 0.849. The van der Waals surface area contributed by atoms with E-state index in [9.17, 15) is 0 Å². The van der Waals surface area contributed by atoms with Gasteiger partial charge in [0, 0.05) is 18.0 Å². The molecule has 0 amide bonds. The molecule has 0 radical (unpaired) electrons. The Hall–Kier alpha value is -1.55. The van der Waals surface area contributed by atoms with E-state index in [0.717, 1.165) is 19.4 Å². The highest BCUT2D eigenvalue weighted by Crippen LogP contribution is 1.93. The van der Waals surface area contributed by atoms with Gasteiger partial charge < -0.3 is 0 Å². The molecule has 1 heterocycles. The Morgan fingerprint density at radius 2 is 2.42 bits per heavy atom. The second-order valence-electron chi connectivity index (χ2n) is 2.32. The number of aryl methyl sites for hydroxylation is 1. The summed E-state index contributed by atoms with van der Waals surface area (Å²) >= 11 is 0. The molecule has 0 fully saturated rings. The molecule has 0 N–H and O–H groups in total. The van der Waals surface area contributed by atoms with Crippen molar-refractivity contribution in [3.05, 3.63) is 23.1 Å². The van der Waals surface area contributed by atoms with Crippen molar-refractivity contribution >= 4 is 0 Å². The molecule has 1 rings (SSSR count). The number of nitrogens with zero attached hydrogens (tertiary/aromatic N) is 6. The highest BCUT2D eigenvalue weighted by atomic mass is 15.3. The third-order valence-corrected chi connectivity index (χ3v) is 1.43. The number of rotatable bonds is 5. The molecule has 6 nitrogen and oxygen atoms in total. The Morgan fingerprint density at radius 3 is 3.08 bits per heavy atom. The minimum Gasteiger partial charge on any atom is -0.253 e. The number of aromatic nitrogens is 3. The zero-order chi connectivity index (χ0) is 8.65. The molecule has 12 heavy (non-hydrogen) atoms. The van der Waals surface area contributed by atoms with Gasteiger partial charge in [-0.1, -0.05) is 5.11 Å². The Balaban J connectivity index is 2.07. The third kappa shape index (κ3) is 3.03. The Morgan fingerprint density at radius 1 is 1.50 bits per heavy atom. The van der Waals surface area contributed by atoms with Crippen LogP contribution in [-0.4, -0.2) is 21.3 Å². The fourth-order valence-corrected chi connectivity index (χ4v) is 0.849. The Labute approximate surface area is 69.9 Å². The van der Waals surface area contributed by atoms with Gasteiger partial charge in [0.1, 0.15) is 12.7 Å². The Kier molecular flexibility index (Phi) is 3.67. The predicted octanol–water partition coefficient (Wildman–Crippen LogP) is 1.37. The maximum absolute atomic E-state index is 7.98. The normalized spacial score (nSPS) is 9.33. The zero-order valence-corrected chi connectivity index (χ0v) is 6.67. The number of azide groups is 1. The van der Waals surface area contributed by atoms with Crippen LogP contribution in [0.4, 0.5) is 0 Å². The first-order valence-corrected chi connectivity index (χ1v) is 3.77. The van der Waals surface area contributed by atoms with Gasteiger partial charge in [-0.3, -0.25) is 4.68 Å². The number of hydrogen-bond donors (Lipinski definition) is 0. The van der Waals surface area contributed by atoms with Crippen LogP contribution in [0.25, 0.3) is 10.4 Å². The van der Waals surface area contributed by atoms with Crippen LogP contribution in [-0.2, 0) is 6.54 Å². The average Bonchev–Trinajstić information content (AvgIpc) is 2.57. The number of hydrogen-bond acceptors (Lipinski definition) is 3. The molecule has 0 aliphatic rings. The van der Waals surface area contributed by atoms with Gasteiger partial charge >= 0.3 is 0 Å². The topological polar surface area (TPSA) is 79.5 Å². The molecule has 1 aromatic heterocycles. The quantitative estimate of drug-likeness (QED) is 0.286. The lowest BCUT2D eigenvalue weighted by Crippen LogP contribution is -1.98. The summed E-state index contributed by atoms with van der Waals surface area (Å²) < 4.78 is 1.76. The van der Waals surface area contributed by atoms with E-state index in [1.54, 1.807) is 11.0 Å². The smallest absolute Gasteiger partial charge is 0.137 e. The molecule has 0 saturated heterocycles. The molecule has 0 spiro atoms. The summed E-state index contributed by atoms with van der Waals surface area (Å²) in [6.07, 6.45) is 5.04. The first kappa shape index (κ1) is 8.55. The van der Waals surface area contributed by atoms with E-state index in [1.165, 1.54) is 6.33 Å².